The van der Waals surface area contributed by atoms with Gasteiger partial charge in [0.05, 0.1) is 15.7 Å². The molecule has 1 aromatic carbocycles. The van der Waals surface area contributed by atoms with Gasteiger partial charge < -0.3 is 4.74 Å². The van der Waals surface area contributed by atoms with Gasteiger partial charge >= 0.3 is 5.69 Å². The highest BCUT2D eigenvalue weighted by Gasteiger charge is 2.21. The molecule has 1 saturated carbocycles. The molecular weight excluding hydrogens is 464 g/mol. The molecule has 0 unspecified atom stereocenters. The largest absolute Gasteiger partial charge is 0.434 e. The number of halogens is 3. The molecule has 12 heteroatoms. The van der Waals surface area contributed by atoms with Crippen LogP contribution in [0.3, 0.4) is 0 Å². The van der Waals surface area contributed by atoms with Gasteiger partial charge in [0.1, 0.15) is 6.67 Å². The second-order valence-electron chi connectivity index (χ2n) is 7.42. The Hall–Kier alpha value is -2.98. The van der Waals surface area contributed by atoms with Gasteiger partial charge in [-0.05, 0) is 30.9 Å². The molecule has 0 aliphatic heterocycles. The van der Waals surface area contributed by atoms with Crippen molar-refractivity contribution in [1.29, 1.82) is 0 Å². The lowest BCUT2D eigenvalue weighted by molar-refractivity contribution is 0.427. The van der Waals surface area contributed by atoms with E-state index in [1.165, 1.54) is 12.1 Å². The van der Waals surface area contributed by atoms with Crippen LogP contribution in [0.1, 0.15) is 49.3 Å². The maximum atomic E-state index is 13.0. The molecule has 1 aliphatic carbocycles. The quantitative estimate of drug-likeness (QED) is 0.573. The second kappa shape index (κ2) is 9.25. The second-order valence-corrected chi connectivity index (χ2v) is 8.23. The zero-order valence-electron chi connectivity index (χ0n) is 16.7. The smallest absolute Gasteiger partial charge is 0.349 e. The number of alkyl halides is 1. The predicted molar refractivity (Wildman–Crippen MR) is 116 cm³/mol. The molecule has 9 nitrogen and oxygen atoms in total. The van der Waals surface area contributed by atoms with Crippen molar-refractivity contribution in [3.05, 3.63) is 70.7 Å². The first-order chi connectivity index (χ1) is 15.4. The number of hydrogen-bond acceptors (Lipinski definition) is 6. The summed E-state index contributed by atoms with van der Waals surface area (Å²) in [5, 5.41) is 10.1. The van der Waals surface area contributed by atoms with E-state index >= 15 is 0 Å². The molecule has 2 N–H and O–H groups in total. The molecule has 0 atom stereocenters. The van der Waals surface area contributed by atoms with Gasteiger partial charge in [0, 0.05) is 11.6 Å². The van der Waals surface area contributed by atoms with Crippen molar-refractivity contribution in [2.45, 2.75) is 44.7 Å². The van der Waals surface area contributed by atoms with E-state index in [9.17, 15) is 18.8 Å². The third-order valence-corrected chi connectivity index (χ3v) is 5.87. The van der Waals surface area contributed by atoms with Gasteiger partial charge in [-0.15, -0.1) is 5.10 Å². The van der Waals surface area contributed by atoms with Crippen molar-refractivity contribution < 1.29 is 9.13 Å². The number of H-pyrrole nitrogens is 2. The fourth-order valence-electron chi connectivity index (χ4n) is 3.74. The molecule has 2 heterocycles. The summed E-state index contributed by atoms with van der Waals surface area (Å²) in [6, 6.07) is 4.23. The Kier molecular flexibility index (Phi) is 6.43. The molecule has 3 aromatic rings. The van der Waals surface area contributed by atoms with E-state index in [0.717, 1.165) is 36.8 Å². The van der Waals surface area contributed by atoms with Crippen molar-refractivity contribution in [1.82, 2.24) is 25.0 Å². The molecule has 32 heavy (non-hydrogen) atoms. The molecule has 0 amide bonds. The van der Waals surface area contributed by atoms with E-state index in [0.29, 0.717) is 5.56 Å². The number of aromatic amines is 2. The first kappa shape index (κ1) is 22.2. The van der Waals surface area contributed by atoms with Crippen LogP contribution in [-0.2, 0) is 6.67 Å². The highest BCUT2D eigenvalue weighted by molar-refractivity contribution is 6.37. The SMILES string of the molecule is O=c1[nH]nc(Oc2c(Cl)cc(-n3nc(CF)c(=O)[nH]c3=O)cc2Cl)cc1C1CCCCC1. The van der Waals surface area contributed by atoms with Crippen molar-refractivity contribution >= 4 is 23.2 Å². The van der Waals surface area contributed by atoms with Gasteiger partial charge in [0.25, 0.3) is 11.1 Å². The molecule has 1 aliphatic rings. The van der Waals surface area contributed by atoms with Crippen LogP contribution in [0, 0.1) is 0 Å². The van der Waals surface area contributed by atoms with E-state index in [1.54, 1.807) is 6.07 Å². The average molecular weight is 482 g/mol. The van der Waals surface area contributed by atoms with Crippen LogP contribution in [0.5, 0.6) is 11.6 Å². The Morgan fingerprint density at radius 1 is 1.06 bits per heavy atom. The lowest BCUT2D eigenvalue weighted by Gasteiger charge is -2.21. The van der Waals surface area contributed by atoms with Crippen LogP contribution < -0.4 is 21.5 Å². The summed E-state index contributed by atoms with van der Waals surface area (Å²) in [4.78, 5) is 37.9. The van der Waals surface area contributed by atoms with Gasteiger partial charge in [-0.25, -0.2) is 14.3 Å². The van der Waals surface area contributed by atoms with Crippen molar-refractivity contribution in [3.63, 3.8) is 0 Å². The van der Waals surface area contributed by atoms with Crippen LogP contribution >= 0.6 is 23.2 Å². The summed E-state index contributed by atoms with van der Waals surface area (Å²) in [6.07, 6.45) is 5.11. The lowest BCUT2D eigenvalue weighted by atomic mass is 9.85. The minimum absolute atomic E-state index is 0.0152. The number of nitrogens with one attached hydrogen (secondary N) is 2. The molecule has 1 fully saturated rings. The van der Waals surface area contributed by atoms with Crippen molar-refractivity contribution in [3.8, 4) is 17.3 Å². The number of aromatic nitrogens is 5. The van der Waals surface area contributed by atoms with Crippen molar-refractivity contribution in [2.24, 2.45) is 0 Å². The molecule has 0 bridgehead atoms. The topological polar surface area (TPSA) is 123 Å². The maximum absolute atomic E-state index is 13.0. The van der Waals surface area contributed by atoms with E-state index < -0.39 is 23.6 Å². The zero-order valence-corrected chi connectivity index (χ0v) is 18.2. The number of nitrogens with zero attached hydrogens (tertiary/aromatic N) is 3. The molecule has 0 radical (unpaired) electrons. The van der Waals surface area contributed by atoms with Crippen LogP contribution in [0.25, 0.3) is 5.69 Å². The van der Waals surface area contributed by atoms with Gasteiger partial charge in [-0.1, -0.05) is 42.5 Å². The standard InChI is InChI=1S/C20H18Cl2FN5O4/c21-13-6-11(28-20(31)24-19(30)15(9-23)27-28)7-14(22)17(13)32-16-8-12(18(29)26-25-16)10-4-2-1-3-5-10/h6-8,10H,1-5,9H2,(H,26,29)(H,24,30,31). The minimum atomic E-state index is -1.15. The fourth-order valence-corrected chi connectivity index (χ4v) is 4.29. The Balaban J connectivity index is 1.68. The third-order valence-electron chi connectivity index (χ3n) is 5.31. The van der Waals surface area contributed by atoms with E-state index in [2.05, 4.69) is 15.3 Å². The fraction of sp³-hybridized carbons (Fsp3) is 0.350. The number of hydrogen-bond donors (Lipinski definition) is 2. The molecule has 0 spiro atoms. The summed E-state index contributed by atoms with van der Waals surface area (Å²) in [7, 11) is 0. The van der Waals surface area contributed by atoms with Crippen LogP contribution in [0.15, 0.2) is 32.6 Å². The van der Waals surface area contributed by atoms with Gasteiger partial charge in [0.2, 0.25) is 5.88 Å². The molecular formula is C20H18Cl2FN5O4. The van der Waals surface area contributed by atoms with Gasteiger partial charge in [0.15, 0.2) is 11.4 Å². The molecule has 2 aromatic heterocycles. The molecule has 4 rings (SSSR count). The van der Waals surface area contributed by atoms with E-state index in [-0.39, 0.29) is 38.8 Å². The zero-order chi connectivity index (χ0) is 22.8. The summed E-state index contributed by atoms with van der Waals surface area (Å²) in [5.74, 6) is 0.296. The monoisotopic (exact) mass is 481 g/mol. The van der Waals surface area contributed by atoms with E-state index in [4.69, 9.17) is 27.9 Å². The Morgan fingerprint density at radius 2 is 1.75 bits per heavy atom. The highest BCUT2D eigenvalue weighted by atomic mass is 35.5. The Bertz CT molecular complexity index is 1310. The minimum Gasteiger partial charge on any atom is -0.434 e. The first-order valence-electron chi connectivity index (χ1n) is 9.92. The van der Waals surface area contributed by atoms with Crippen LogP contribution in [0.2, 0.25) is 10.0 Å². The van der Waals surface area contributed by atoms with Crippen molar-refractivity contribution in [2.75, 3.05) is 0 Å². The maximum Gasteiger partial charge on any atom is 0.349 e. The summed E-state index contributed by atoms with van der Waals surface area (Å²) in [5.41, 5.74) is -1.83. The Labute approximate surface area is 190 Å². The average Bonchev–Trinajstić information content (AvgIpc) is 2.78. The summed E-state index contributed by atoms with van der Waals surface area (Å²) < 4.78 is 19.5. The Morgan fingerprint density at radius 3 is 2.41 bits per heavy atom. The highest BCUT2D eigenvalue weighted by Crippen LogP contribution is 2.38. The number of ether oxygens (including phenoxy) is 1. The van der Waals surface area contributed by atoms with Crippen LogP contribution in [0.4, 0.5) is 4.39 Å². The normalized spacial score (nSPS) is 14.5. The third kappa shape index (κ3) is 4.46. The van der Waals surface area contributed by atoms with E-state index in [1.807, 2.05) is 4.98 Å². The summed E-state index contributed by atoms with van der Waals surface area (Å²) in [6.45, 7) is -1.15. The number of benzene rings is 1. The first-order valence-corrected chi connectivity index (χ1v) is 10.7. The molecule has 168 valence electrons. The van der Waals surface area contributed by atoms with Gasteiger partial charge in [-0.2, -0.15) is 9.78 Å². The molecule has 0 saturated heterocycles. The van der Waals surface area contributed by atoms with Gasteiger partial charge in [-0.3, -0.25) is 14.6 Å². The number of rotatable bonds is 5. The lowest BCUT2D eigenvalue weighted by Crippen LogP contribution is -2.33. The van der Waals surface area contributed by atoms with Crippen LogP contribution in [-0.4, -0.2) is 25.0 Å². The summed E-state index contributed by atoms with van der Waals surface area (Å²) >= 11 is 12.6. The predicted octanol–water partition coefficient (Wildman–Crippen LogP) is 3.62.